The van der Waals surface area contributed by atoms with Crippen LogP contribution >= 0.6 is 0 Å². The van der Waals surface area contributed by atoms with Crippen molar-refractivity contribution >= 4 is 5.91 Å². The lowest BCUT2D eigenvalue weighted by Crippen LogP contribution is -2.23. The number of rotatable bonds is 3. The highest BCUT2D eigenvalue weighted by Gasteiger charge is 2.02. The quantitative estimate of drug-likeness (QED) is 0.553. The Morgan fingerprint density at radius 1 is 1.43 bits per heavy atom. The molecule has 0 spiro atoms. The van der Waals surface area contributed by atoms with Crippen LogP contribution in [-0.2, 0) is 0 Å². The maximum absolute atomic E-state index is 11.4. The van der Waals surface area contributed by atoms with Gasteiger partial charge < -0.3 is 10.4 Å². The number of carbonyl (C=O) groups is 1. The van der Waals surface area contributed by atoms with E-state index in [2.05, 4.69) is 11.2 Å². The van der Waals surface area contributed by atoms with Crippen molar-refractivity contribution in [3.63, 3.8) is 0 Å². The van der Waals surface area contributed by atoms with Crippen LogP contribution in [0.1, 0.15) is 16.8 Å². The van der Waals surface area contributed by atoms with Gasteiger partial charge in [-0.25, -0.2) is 0 Å². The van der Waals surface area contributed by atoms with E-state index in [1.54, 1.807) is 12.1 Å². The predicted molar refractivity (Wildman–Crippen MR) is 53.9 cm³/mol. The fourth-order valence-electron chi connectivity index (χ4n) is 0.963. The summed E-state index contributed by atoms with van der Waals surface area (Å²) in [6.45, 7) is 0.468. The molecule has 0 saturated heterocycles. The van der Waals surface area contributed by atoms with Gasteiger partial charge in [-0.1, -0.05) is 0 Å². The smallest absolute Gasteiger partial charge is 0.251 e. The molecular weight excluding hydrogens is 178 g/mol. The standard InChI is InChI=1S/C11H11NO2/c1-2-3-8-12-11(14)9-4-6-10(13)7-5-9/h1,4-7,13H,3,8H2,(H,12,14). The maximum Gasteiger partial charge on any atom is 0.251 e. The molecule has 0 saturated carbocycles. The van der Waals surface area contributed by atoms with Crippen molar-refractivity contribution in [1.29, 1.82) is 0 Å². The number of nitrogens with one attached hydrogen (secondary N) is 1. The summed E-state index contributed by atoms with van der Waals surface area (Å²) in [6.07, 6.45) is 5.56. The van der Waals surface area contributed by atoms with E-state index in [0.29, 0.717) is 18.5 Å². The van der Waals surface area contributed by atoms with E-state index in [1.165, 1.54) is 12.1 Å². The molecule has 0 fully saturated rings. The molecule has 2 N–H and O–H groups in total. The fraction of sp³-hybridized carbons (Fsp3) is 0.182. The van der Waals surface area contributed by atoms with Crippen LogP contribution in [0.5, 0.6) is 5.75 Å². The first kappa shape index (κ1) is 10.1. The van der Waals surface area contributed by atoms with E-state index in [0.717, 1.165) is 0 Å². The molecule has 1 rings (SSSR count). The number of amides is 1. The number of aromatic hydroxyl groups is 1. The van der Waals surface area contributed by atoms with Crippen molar-refractivity contribution in [3.05, 3.63) is 29.8 Å². The zero-order valence-corrected chi connectivity index (χ0v) is 7.66. The molecule has 1 aromatic rings. The Bertz CT molecular complexity index is 349. The van der Waals surface area contributed by atoms with Crippen molar-refractivity contribution in [2.75, 3.05) is 6.54 Å². The lowest BCUT2D eigenvalue weighted by atomic mass is 10.2. The Morgan fingerprint density at radius 2 is 2.07 bits per heavy atom. The third-order valence-corrected chi connectivity index (χ3v) is 1.68. The Balaban J connectivity index is 2.53. The van der Waals surface area contributed by atoms with Crippen LogP contribution in [-0.4, -0.2) is 17.6 Å². The molecular formula is C11H11NO2. The van der Waals surface area contributed by atoms with E-state index >= 15 is 0 Å². The Morgan fingerprint density at radius 3 is 2.64 bits per heavy atom. The van der Waals surface area contributed by atoms with Crippen LogP contribution in [0.2, 0.25) is 0 Å². The van der Waals surface area contributed by atoms with Gasteiger partial charge >= 0.3 is 0 Å². The molecule has 1 amide bonds. The van der Waals surface area contributed by atoms with Crippen molar-refractivity contribution in [2.45, 2.75) is 6.42 Å². The van der Waals surface area contributed by atoms with Gasteiger partial charge in [0.2, 0.25) is 0 Å². The molecule has 0 radical (unpaired) electrons. The summed E-state index contributed by atoms with van der Waals surface area (Å²) in [5.41, 5.74) is 0.514. The first-order chi connectivity index (χ1) is 6.74. The minimum atomic E-state index is -0.180. The highest BCUT2D eigenvalue weighted by Crippen LogP contribution is 2.09. The van der Waals surface area contributed by atoms with E-state index < -0.39 is 0 Å². The maximum atomic E-state index is 11.4. The monoisotopic (exact) mass is 189 g/mol. The van der Waals surface area contributed by atoms with Crippen molar-refractivity contribution in [1.82, 2.24) is 5.32 Å². The zero-order valence-electron chi connectivity index (χ0n) is 7.66. The van der Waals surface area contributed by atoms with E-state index in [-0.39, 0.29) is 11.7 Å². The Hall–Kier alpha value is -1.95. The van der Waals surface area contributed by atoms with Gasteiger partial charge in [-0.05, 0) is 24.3 Å². The van der Waals surface area contributed by atoms with Crippen LogP contribution in [0.15, 0.2) is 24.3 Å². The molecule has 0 aliphatic carbocycles. The summed E-state index contributed by atoms with van der Waals surface area (Å²) in [7, 11) is 0. The van der Waals surface area contributed by atoms with Gasteiger partial charge in [-0.2, -0.15) is 0 Å². The number of terminal acetylenes is 1. The summed E-state index contributed by atoms with van der Waals surface area (Å²) in [4.78, 5) is 11.4. The second kappa shape index (κ2) is 4.93. The van der Waals surface area contributed by atoms with Gasteiger partial charge in [-0.15, -0.1) is 12.3 Å². The molecule has 3 heteroatoms. The van der Waals surface area contributed by atoms with Crippen molar-refractivity contribution < 1.29 is 9.90 Å². The van der Waals surface area contributed by atoms with Crippen molar-refractivity contribution in [2.24, 2.45) is 0 Å². The zero-order chi connectivity index (χ0) is 10.4. The van der Waals surface area contributed by atoms with Crippen LogP contribution < -0.4 is 5.32 Å². The Labute approximate surface area is 82.8 Å². The average molecular weight is 189 g/mol. The van der Waals surface area contributed by atoms with E-state index in [1.807, 2.05) is 0 Å². The summed E-state index contributed by atoms with van der Waals surface area (Å²) in [6, 6.07) is 6.05. The molecule has 0 aliphatic heterocycles. The number of phenols is 1. The van der Waals surface area contributed by atoms with E-state index in [9.17, 15) is 4.79 Å². The predicted octanol–water partition coefficient (Wildman–Crippen LogP) is 1.15. The Kier molecular flexibility index (Phi) is 3.57. The minimum absolute atomic E-state index is 0.144. The number of benzene rings is 1. The molecule has 0 bridgehead atoms. The fourth-order valence-corrected chi connectivity index (χ4v) is 0.963. The van der Waals surface area contributed by atoms with Crippen LogP contribution in [0.25, 0.3) is 0 Å². The SMILES string of the molecule is C#CCCNC(=O)c1ccc(O)cc1. The molecule has 72 valence electrons. The first-order valence-electron chi connectivity index (χ1n) is 4.24. The van der Waals surface area contributed by atoms with Gasteiger partial charge in [0.25, 0.3) is 5.91 Å². The van der Waals surface area contributed by atoms with Gasteiger partial charge in [-0.3, -0.25) is 4.79 Å². The molecule has 14 heavy (non-hydrogen) atoms. The minimum Gasteiger partial charge on any atom is -0.508 e. The lowest BCUT2D eigenvalue weighted by molar-refractivity contribution is 0.0954. The van der Waals surface area contributed by atoms with Gasteiger partial charge in [0.15, 0.2) is 0 Å². The molecule has 0 atom stereocenters. The molecule has 0 unspecified atom stereocenters. The van der Waals surface area contributed by atoms with Gasteiger partial charge in [0.05, 0.1) is 0 Å². The summed E-state index contributed by atoms with van der Waals surface area (Å²) in [5, 5.41) is 11.7. The van der Waals surface area contributed by atoms with Crippen LogP contribution in [0, 0.1) is 12.3 Å². The van der Waals surface area contributed by atoms with Crippen LogP contribution in [0.3, 0.4) is 0 Å². The average Bonchev–Trinajstić information content (AvgIpc) is 2.19. The van der Waals surface area contributed by atoms with Gasteiger partial charge in [0.1, 0.15) is 5.75 Å². The summed E-state index contributed by atoms with van der Waals surface area (Å²) < 4.78 is 0. The molecule has 0 aliphatic rings. The molecule has 0 heterocycles. The normalized spacial score (nSPS) is 9.07. The molecule has 0 aromatic heterocycles. The number of hydrogen-bond donors (Lipinski definition) is 2. The van der Waals surface area contributed by atoms with Crippen molar-refractivity contribution in [3.8, 4) is 18.1 Å². The summed E-state index contributed by atoms with van der Waals surface area (Å²) in [5.74, 6) is 2.39. The highest BCUT2D eigenvalue weighted by atomic mass is 16.3. The second-order valence-electron chi connectivity index (χ2n) is 2.76. The third kappa shape index (κ3) is 2.83. The second-order valence-corrected chi connectivity index (χ2v) is 2.76. The molecule has 1 aromatic carbocycles. The lowest BCUT2D eigenvalue weighted by Gasteiger charge is -2.02. The van der Waals surface area contributed by atoms with Gasteiger partial charge in [0, 0.05) is 18.5 Å². The number of hydrogen-bond acceptors (Lipinski definition) is 2. The van der Waals surface area contributed by atoms with E-state index in [4.69, 9.17) is 11.5 Å². The van der Waals surface area contributed by atoms with Crippen LogP contribution in [0.4, 0.5) is 0 Å². The topological polar surface area (TPSA) is 49.3 Å². The number of phenolic OH excluding ortho intramolecular Hbond substituents is 1. The third-order valence-electron chi connectivity index (χ3n) is 1.68. The first-order valence-corrected chi connectivity index (χ1v) is 4.24. The summed E-state index contributed by atoms with van der Waals surface area (Å²) >= 11 is 0. The number of carbonyl (C=O) groups excluding carboxylic acids is 1. The molecule has 3 nitrogen and oxygen atoms in total. The largest absolute Gasteiger partial charge is 0.508 e. The highest BCUT2D eigenvalue weighted by molar-refractivity contribution is 5.94.